The third-order valence-corrected chi connectivity index (χ3v) is 4.99. The Morgan fingerprint density at radius 3 is 2.48 bits per heavy atom. The van der Waals surface area contributed by atoms with Crippen LogP contribution in [0, 0.1) is 0 Å². The van der Waals surface area contributed by atoms with Gasteiger partial charge >= 0.3 is 5.97 Å². The first-order chi connectivity index (χ1) is 12.7. The molecule has 2 aromatic carbocycles. The van der Waals surface area contributed by atoms with Gasteiger partial charge in [0.25, 0.3) is 0 Å². The van der Waals surface area contributed by atoms with Gasteiger partial charge in [0.15, 0.2) is 5.11 Å². The zero-order valence-electron chi connectivity index (χ0n) is 13.2. The van der Waals surface area contributed by atoms with Gasteiger partial charge in [-0.3, -0.25) is 10.1 Å². The molecule has 0 bridgehead atoms. The van der Waals surface area contributed by atoms with E-state index in [9.17, 15) is 14.7 Å². The maximum absolute atomic E-state index is 12.0. The number of thiocarbonyl (C=S) groups is 1. The highest BCUT2D eigenvalue weighted by molar-refractivity contribution is 9.11. The number of benzene rings is 2. The smallest absolute Gasteiger partial charge is 0.337 e. The van der Waals surface area contributed by atoms with E-state index in [1.165, 1.54) is 18.2 Å². The number of carboxylic acids is 1. The van der Waals surface area contributed by atoms with Crippen molar-refractivity contribution in [3.8, 4) is 0 Å². The monoisotopic (exact) mass is 550 g/mol. The van der Waals surface area contributed by atoms with Crippen molar-refractivity contribution in [1.29, 1.82) is 0 Å². The Morgan fingerprint density at radius 1 is 1.15 bits per heavy atom. The summed E-state index contributed by atoms with van der Waals surface area (Å²) in [6.07, 6.45) is 2.76. The van der Waals surface area contributed by atoms with E-state index in [4.69, 9.17) is 35.4 Å². The minimum absolute atomic E-state index is 0.0173. The number of halogens is 4. The molecule has 0 spiro atoms. The van der Waals surface area contributed by atoms with E-state index in [0.717, 1.165) is 0 Å². The molecule has 140 valence electrons. The van der Waals surface area contributed by atoms with Crippen LogP contribution in [0.2, 0.25) is 10.0 Å². The van der Waals surface area contributed by atoms with Crippen molar-refractivity contribution in [2.75, 3.05) is 5.32 Å². The Kier molecular flexibility index (Phi) is 7.81. The van der Waals surface area contributed by atoms with Crippen molar-refractivity contribution in [2.24, 2.45) is 0 Å². The molecule has 2 rings (SSSR count). The number of amides is 1. The second-order valence-corrected chi connectivity index (χ2v) is 8.08. The zero-order valence-corrected chi connectivity index (χ0v) is 18.7. The fourth-order valence-electron chi connectivity index (χ4n) is 1.97. The van der Waals surface area contributed by atoms with Crippen LogP contribution in [0.15, 0.2) is 45.4 Å². The number of carbonyl (C=O) groups excluding carboxylic acids is 1. The van der Waals surface area contributed by atoms with E-state index in [1.54, 1.807) is 24.3 Å². The van der Waals surface area contributed by atoms with Crippen LogP contribution in [-0.4, -0.2) is 22.1 Å². The van der Waals surface area contributed by atoms with Crippen molar-refractivity contribution in [2.45, 2.75) is 0 Å². The summed E-state index contributed by atoms with van der Waals surface area (Å²) in [5.41, 5.74) is 0.816. The molecular formula is C17H10Br2Cl2N2O3S. The summed E-state index contributed by atoms with van der Waals surface area (Å²) in [7, 11) is 0. The second kappa shape index (κ2) is 9.66. The standard InChI is InChI=1S/C17H10Br2Cl2N2O3S/c18-9-5-11(16(25)26)15(12(19)6-9)23-17(27)22-14(24)4-2-8-1-3-10(20)7-13(8)21/h1-7H,(H,25,26)(H2,22,23,24,27). The number of nitrogens with one attached hydrogen (secondary N) is 2. The maximum Gasteiger partial charge on any atom is 0.337 e. The van der Waals surface area contributed by atoms with Gasteiger partial charge in [-0.2, -0.15) is 0 Å². The molecule has 5 nitrogen and oxygen atoms in total. The largest absolute Gasteiger partial charge is 0.478 e. The molecule has 0 unspecified atom stereocenters. The first-order valence-electron chi connectivity index (χ1n) is 7.15. The minimum Gasteiger partial charge on any atom is -0.478 e. The number of carbonyl (C=O) groups is 2. The number of anilines is 1. The summed E-state index contributed by atoms with van der Waals surface area (Å²) >= 11 is 23.4. The summed E-state index contributed by atoms with van der Waals surface area (Å²) in [5, 5.41) is 15.3. The van der Waals surface area contributed by atoms with E-state index in [2.05, 4.69) is 42.5 Å². The summed E-state index contributed by atoms with van der Waals surface area (Å²) in [5.74, 6) is -1.66. The molecule has 2 aromatic rings. The molecule has 0 saturated carbocycles. The first kappa shape index (κ1) is 21.8. The summed E-state index contributed by atoms with van der Waals surface area (Å²) in [6.45, 7) is 0. The lowest BCUT2D eigenvalue weighted by atomic mass is 10.2. The molecule has 3 N–H and O–H groups in total. The minimum atomic E-state index is -1.15. The highest BCUT2D eigenvalue weighted by Crippen LogP contribution is 2.31. The fourth-order valence-corrected chi connectivity index (χ4v) is 3.97. The summed E-state index contributed by atoms with van der Waals surface area (Å²) < 4.78 is 1.05. The van der Waals surface area contributed by atoms with Gasteiger partial charge < -0.3 is 10.4 Å². The van der Waals surface area contributed by atoms with Crippen molar-refractivity contribution >= 4 is 96.0 Å². The van der Waals surface area contributed by atoms with Gasteiger partial charge in [-0.05, 0) is 64.1 Å². The van der Waals surface area contributed by atoms with Gasteiger partial charge in [-0.15, -0.1) is 0 Å². The van der Waals surface area contributed by atoms with Crippen molar-refractivity contribution < 1.29 is 14.7 Å². The number of hydrogen-bond acceptors (Lipinski definition) is 3. The van der Waals surface area contributed by atoms with Gasteiger partial charge in [0.1, 0.15) is 0 Å². The Morgan fingerprint density at radius 2 is 1.85 bits per heavy atom. The second-order valence-electron chi connectivity index (χ2n) is 5.06. The lowest BCUT2D eigenvalue weighted by molar-refractivity contribution is -0.115. The number of hydrogen-bond donors (Lipinski definition) is 3. The Labute approximate surface area is 187 Å². The summed E-state index contributed by atoms with van der Waals surface area (Å²) in [6, 6.07) is 7.95. The van der Waals surface area contributed by atoms with E-state index in [0.29, 0.717) is 24.6 Å². The average molecular weight is 553 g/mol. The van der Waals surface area contributed by atoms with Gasteiger partial charge in [-0.1, -0.05) is 45.2 Å². The van der Waals surface area contributed by atoms with Crippen LogP contribution in [0.25, 0.3) is 6.08 Å². The van der Waals surface area contributed by atoms with Gasteiger partial charge in [-0.25, -0.2) is 4.79 Å². The predicted octanol–water partition coefficient (Wildman–Crippen LogP) is 5.74. The van der Waals surface area contributed by atoms with E-state index in [1.807, 2.05) is 0 Å². The predicted molar refractivity (Wildman–Crippen MR) is 119 cm³/mol. The van der Waals surface area contributed by atoms with Crippen LogP contribution >= 0.6 is 67.3 Å². The maximum atomic E-state index is 12.0. The Balaban J connectivity index is 2.09. The van der Waals surface area contributed by atoms with Crippen LogP contribution in [0.5, 0.6) is 0 Å². The quantitative estimate of drug-likeness (QED) is 0.333. The summed E-state index contributed by atoms with van der Waals surface area (Å²) in [4.78, 5) is 23.4. The lowest BCUT2D eigenvalue weighted by Crippen LogP contribution is -2.33. The van der Waals surface area contributed by atoms with Crippen molar-refractivity contribution in [3.63, 3.8) is 0 Å². The Hall–Kier alpha value is -1.45. The Bertz CT molecular complexity index is 967. The number of carboxylic acid groups (broad SMARTS) is 1. The molecule has 0 aliphatic carbocycles. The molecule has 0 fully saturated rings. The van der Waals surface area contributed by atoms with Crippen molar-refractivity contribution in [1.82, 2.24) is 5.32 Å². The molecule has 27 heavy (non-hydrogen) atoms. The first-order valence-corrected chi connectivity index (χ1v) is 9.90. The third kappa shape index (κ3) is 6.29. The molecule has 0 saturated heterocycles. The molecule has 0 aliphatic rings. The number of aromatic carboxylic acids is 1. The molecular weight excluding hydrogens is 543 g/mol. The topological polar surface area (TPSA) is 78.4 Å². The molecule has 0 aliphatic heterocycles. The highest BCUT2D eigenvalue weighted by atomic mass is 79.9. The van der Waals surface area contributed by atoms with Gasteiger partial charge in [0.2, 0.25) is 5.91 Å². The van der Waals surface area contributed by atoms with Crippen LogP contribution in [0.3, 0.4) is 0 Å². The van der Waals surface area contributed by atoms with Crippen LogP contribution in [0.1, 0.15) is 15.9 Å². The molecule has 10 heteroatoms. The van der Waals surface area contributed by atoms with Gasteiger partial charge in [0, 0.05) is 25.1 Å². The van der Waals surface area contributed by atoms with Crippen molar-refractivity contribution in [3.05, 3.63) is 66.5 Å². The molecule has 0 heterocycles. The number of rotatable bonds is 4. The van der Waals surface area contributed by atoms with Crippen LogP contribution in [0.4, 0.5) is 5.69 Å². The molecule has 0 radical (unpaired) electrons. The molecule has 0 atom stereocenters. The fraction of sp³-hybridized carbons (Fsp3) is 0. The van der Waals surface area contributed by atoms with Gasteiger partial charge in [0.05, 0.1) is 11.3 Å². The molecule has 1 amide bonds. The third-order valence-electron chi connectivity index (χ3n) is 3.14. The van der Waals surface area contributed by atoms with Crippen LogP contribution in [-0.2, 0) is 4.79 Å². The normalized spacial score (nSPS) is 10.7. The van der Waals surface area contributed by atoms with Crippen LogP contribution < -0.4 is 10.6 Å². The van der Waals surface area contributed by atoms with E-state index in [-0.39, 0.29) is 16.4 Å². The van der Waals surface area contributed by atoms with E-state index >= 15 is 0 Å². The lowest BCUT2D eigenvalue weighted by Gasteiger charge is -2.13. The average Bonchev–Trinajstić information content (AvgIpc) is 2.56. The SMILES string of the molecule is O=C(C=Cc1ccc(Cl)cc1Cl)NC(=S)Nc1c(Br)cc(Br)cc1C(=O)O. The molecule has 0 aromatic heterocycles. The zero-order chi connectivity index (χ0) is 20.1. The highest BCUT2D eigenvalue weighted by Gasteiger charge is 2.16. The van der Waals surface area contributed by atoms with E-state index < -0.39 is 11.9 Å².